The van der Waals surface area contributed by atoms with E-state index in [9.17, 15) is 24.2 Å². The quantitative estimate of drug-likeness (QED) is 0.0327. The van der Waals surface area contributed by atoms with Crippen molar-refractivity contribution in [3.8, 4) is 0 Å². The van der Waals surface area contributed by atoms with Crippen LogP contribution < -0.4 is 5.32 Å². The van der Waals surface area contributed by atoms with Crippen LogP contribution in [-0.4, -0.2) is 54.3 Å². The van der Waals surface area contributed by atoms with Gasteiger partial charge < -0.3 is 20.1 Å². The maximum absolute atomic E-state index is 11.9. The summed E-state index contributed by atoms with van der Waals surface area (Å²) < 4.78 is 26.5. The van der Waals surface area contributed by atoms with E-state index in [4.69, 9.17) is 13.8 Å². The van der Waals surface area contributed by atoms with E-state index < -0.39 is 26.5 Å². The van der Waals surface area contributed by atoms with Crippen molar-refractivity contribution in [3.63, 3.8) is 0 Å². The van der Waals surface area contributed by atoms with Gasteiger partial charge in [0.1, 0.15) is 12.7 Å². The lowest BCUT2D eigenvalue weighted by molar-refractivity contribution is -0.147. The van der Waals surface area contributed by atoms with Crippen molar-refractivity contribution in [2.75, 3.05) is 26.4 Å². The summed E-state index contributed by atoms with van der Waals surface area (Å²) in [6.45, 7) is 3.23. The van der Waals surface area contributed by atoms with Gasteiger partial charge in [-0.15, -0.1) is 0 Å². The molecule has 0 radical (unpaired) electrons. The molecule has 0 aliphatic carbocycles. The molecule has 0 aliphatic heterocycles. The Labute approximate surface area is 266 Å². The van der Waals surface area contributed by atoms with E-state index in [2.05, 4.69) is 79.9 Å². The van der Waals surface area contributed by atoms with Crippen LogP contribution in [0.3, 0.4) is 0 Å². The highest BCUT2D eigenvalue weighted by atomic mass is 31.2. The van der Waals surface area contributed by atoms with Crippen LogP contribution in [-0.2, 0) is 27.9 Å². The average molecular weight is 640 g/mol. The van der Waals surface area contributed by atoms with Crippen molar-refractivity contribution < 1.29 is 37.9 Å². The number of rotatable bonds is 29. The number of carbonyl (C=O) groups is 2. The first-order valence-electron chi connectivity index (χ1n) is 16.3. The molecule has 0 aromatic rings. The van der Waals surface area contributed by atoms with Gasteiger partial charge in [-0.1, -0.05) is 100 Å². The van der Waals surface area contributed by atoms with Gasteiger partial charge in [-0.05, 0) is 57.8 Å². The fourth-order valence-electron chi connectivity index (χ4n) is 3.76. The number of aliphatic hydroxyl groups excluding tert-OH is 1. The van der Waals surface area contributed by atoms with Crippen molar-refractivity contribution in [2.45, 2.75) is 116 Å². The highest BCUT2D eigenvalue weighted by Gasteiger charge is 2.23. The molecule has 0 aromatic carbocycles. The molecule has 0 saturated heterocycles. The van der Waals surface area contributed by atoms with Gasteiger partial charge >= 0.3 is 13.8 Å². The van der Waals surface area contributed by atoms with Gasteiger partial charge in [-0.2, -0.15) is 0 Å². The summed E-state index contributed by atoms with van der Waals surface area (Å²) in [6, 6.07) is 0. The molecule has 0 aliphatic rings. The number of phosphoric acid groups is 1. The summed E-state index contributed by atoms with van der Waals surface area (Å²) in [5.74, 6) is -0.575. The molecule has 0 heterocycles. The Kier molecular flexibility index (Phi) is 29.1. The Morgan fingerprint density at radius 1 is 0.727 bits per heavy atom. The fourth-order valence-corrected chi connectivity index (χ4v) is 4.51. The highest BCUT2D eigenvalue weighted by Crippen LogP contribution is 2.42. The maximum atomic E-state index is 11.9. The van der Waals surface area contributed by atoms with Gasteiger partial charge in [0.25, 0.3) is 0 Å². The van der Waals surface area contributed by atoms with Gasteiger partial charge in [0.05, 0.1) is 13.2 Å². The Hall–Kier alpha value is -2.29. The molecule has 10 heteroatoms. The van der Waals surface area contributed by atoms with Crippen molar-refractivity contribution in [1.82, 2.24) is 5.32 Å². The van der Waals surface area contributed by atoms with Crippen LogP contribution in [0.2, 0.25) is 0 Å². The van der Waals surface area contributed by atoms with Gasteiger partial charge in [0.15, 0.2) is 0 Å². The van der Waals surface area contributed by atoms with E-state index in [0.29, 0.717) is 12.8 Å². The van der Waals surface area contributed by atoms with E-state index in [1.165, 1.54) is 0 Å². The normalized spacial score (nSPS) is 14.4. The fraction of sp³-hybridized carbons (Fsp3) is 0.647. The summed E-state index contributed by atoms with van der Waals surface area (Å²) in [7, 11) is -4.40. The lowest BCUT2D eigenvalue weighted by Crippen LogP contribution is -2.27. The molecule has 44 heavy (non-hydrogen) atoms. The summed E-state index contributed by atoms with van der Waals surface area (Å²) in [5.41, 5.74) is 0. The third-order valence-electron chi connectivity index (χ3n) is 6.21. The summed E-state index contributed by atoms with van der Waals surface area (Å²) >= 11 is 0. The van der Waals surface area contributed by atoms with Gasteiger partial charge in [-0.3, -0.25) is 18.6 Å². The van der Waals surface area contributed by atoms with E-state index in [-0.39, 0.29) is 32.1 Å². The summed E-state index contributed by atoms with van der Waals surface area (Å²) in [5, 5.41) is 12.5. The van der Waals surface area contributed by atoms with Crippen LogP contribution in [0, 0.1) is 0 Å². The number of phosphoric ester groups is 1. The average Bonchev–Trinajstić information content (AvgIpc) is 3.00. The second-order valence-corrected chi connectivity index (χ2v) is 11.9. The second kappa shape index (κ2) is 30.7. The molecule has 3 N–H and O–H groups in total. The topological polar surface area (TPSA) is 131 Å². The number of nitrogens with one attached hydrogen (secondary N) is 1. The highest BCUT2D eigenvalue weighted by molar-refractivity contribution is 7.47. The number of amides is 1. The lowest BCUT2D eigenvalue weighted by atomic mass is 10.1. The van der Waals surface area contributed by atoms with Crippen LogP contribution in [0.1, 0.15) is 110 Å². The minimum absolute atomic E-state index is 0.0724. The zero-order valence-electron chi connectivity index (χ0n) is 27.1. The largest absolute Gasteiger partial charge is 0.472 e. The summed E-state index contributed by atoms with van der Waals surface area (Å²) in [6.07, 6.45) is 33.5. The molecule has 2 unspecified atom stereocenters. The first-order valence-corrected chi connectivity index (χ1v) is 17.8. The standard InChI is InChI=1S/C34H58NO8P/c1-3-5-7-9-10-11-12-13-14-15-16-17-18-19-20-21-22-23-25-27-34(38)41-30-32(36)31-43-44(39,40)42-29-28-35-33(37)26-24-8-6-4-2/h5,7,10-11,13-14,16-17,19-20,32,36H,3-4,6,8-9,12,15,18,21-31H2,1-2H3,(H,35,37)(H,39,40)/b7-5-,11-10-,14-13-,17-16-,20-19-. The summed E-state index contributed by atoms with van der Waals surface area (Å²) in [4.78, 5) is 33.3. The zero-order chi connectivity index (χ0) is 32.6. The van der Waals surface area contributed by atoms with E-state index in [1.807, 2.05) is 0 Å². The molecule has 0 spiro atoms. The van der Waals surface area contributed by atoms with Gasteiger partial charge in [0, 0.05) is 19.4 Å². The van der Waals surface area contributed by atoms with Crippen LogP contribution in [0.15, 0.2) is 60.8 Å². The minimum atomic E-state index is -4.40. The molecule has 9 nitrogen and oxygen atoms in total. The van der Waals surface area contributed by atoms with E-state index in [1.54, 1.807) is 0 Å². The molecule has 1 amide bonds. The number of aliphatic hydroxyl groups is 1. The number of hydrogen-bond donors (Lipinski definition) is 3. The zero-order valence-corrected chi connectivity index (χ0v) is 28.0. The molecule has 0 rings (SSSR count). The SMILES string of the molecule is CC/C=C\C/C=C\C/C=C\C/C=C\C/C=C\CCCCCC(=O)OCC(O)COP(=O)(O)OCCNC(=O)CCCCCC. The predicted octanol–water partition coefficient (Wildman–Crippen LogP) is 7.81. The van der Waals surface area contributed by atoms with Gasteiger partial charge in [-0.25, -0.2) is 4.57 Å². The molecular weight excluding hydrogens is 581 g/mol. The number of esters is 1. The Bertz CT molecular complexity index is 913. The van der Waals surface area contributed by atoms with Crippen LogP contribution in [0.4, 0.5) is 0 Å². The first kappa shape index (κ1) is 41.7. The maximum Gasteiger partial charge on any atom is 0.472 e. The molecule has 0 fully saturated rings. The molecule has 0 bridgehead atoms. The van der Waals surface area contributed by atoms with Crippen molar-refractivity contribution in [3.05, 3.63) is 60.8 Å². The third kappa shape index (κ3) is 31.1. The van der Waals surface area contributed by atoms with Crippen LogP contribution >= 0.6 is 7.82 Å². The van der Waals surface area contributed by atoms with Crippen molar-refractivity contribution >= 4 is 19.7 Å². The molecule has 2 atom stereocenters. The monoisotopic (exact) mass is 639 g/mol. The molecule has 0 aromatic heterocycles. The van der Waals surface area contributed by atoms with Crippen LogP contribution in [0.25, 0.3) is 0 Å². The Balaban J connectivity index is 3.73. The van der Waals surface area contributed by atoms with Crippen molar-refractivity contribution in [1.29, 1.82) is 0 Å². The molecular formula is C34H58NO8P. The number of hydrogen-bond acceptors (Lipinski definition) is 7. The number of unbranched alkanes of at least 4 members (excludes halogenated alkanes) is 6. The molecule has 252 valence electrons. The minimum Gasteiger partial charge on any atom is -0.463 e. The Morgan fingerprint density at radius 3 is 1.91 bits per heavy atom. The smallest absolute Gasteiger partial charge is 0.463 e. The van der Waals surface area contributed by atoms with E-state index >= 15 is 0 Å². The lowest BCUT2D eigenvalue weighted by Gasteiger charge is -2.15. The number of allylic oxidation sites excluding steroid dienone is 10. The third-order valence-corrected chi connectivity index (χ3v) is 7.20. The number of carbonyl (C=O) groups excluding carboxylic acids is 2. The Morgan fingerprint density at radius 2 is 1.30 bits per heavy atom. The second-order valence-electron chi connectivity index (χ2n) is 10.4. The first-order chi connectivity index (χ1) is 21.3. The van der Waals surface area contributed by atoms with E-state index in [0.717, 1.165) is 77.0 Å². The van der Waals surface area contributed by atoms with Gasteiger partial charge in [0.2, 0.25) is 5.91 Å². The van der Waals surface area contributed by atoms with Crippen LogP contribution in [0.5, 0.6) is 0 Å². The number of ether oxygens (including phenoxy) is 1. The molecule has 0 saturated carbocycles. The predicted molar refractivity (Wildman–Crippen MR) is 178 cm³/mol. The van der Waals surface area contributed by atoms with Crippen molar-refractivity contribution in [2.24, 2.45) is 0 Å².